The Morgan fingerprint density at radius 3 is 2.53 bits per heavy atom. The number of fused-ring (bicyclic) bond motifs is 1. The largest absolute Gasteiger partial charge is 0.482 e. The van der Waals surface area contributed by atoms with Crippen molar-refractivity contribution in [2.45, 2.75) is 26.2 Å². The fourth-order valence-electron chi connectivity index (χ4n) is 3.62. The predicted octanol–water partition coefficient (Wildman–Crippen LogP) is 6.04. The zero-order chi connectivity index (χ0) is 24.2. The molecule has 4 rings (SSSR count). The molecule has 10 heteroatoms. The standard InChI is InChI=1S/C24H20Cl3N3O4/c1-13-22-18(29-30-21(31)12-33-19-10-7-15(26)11-17(19)27)3-2-4-20(22)34-23(13)24(32)28-16-8-5-14(25)6-9-16/h5-11H,2-4,12H2,1H3,(H,28,32)(H,30,31)/b29-18+. The van der Waals surface area contributed by atoms with E-state index in [4.69, 9.17) is 44.0 Å². The Kier molecular flexibility index (Phi) is 7.46. The highest BCUT2D eigenvalue weighted by Crippen LogP contribution is 2.31. The van der Waals surface area contributed by atoms with E-state index >= 15 is 0 Å². The van der Waals surface area contributed by atoms with E-state index in [1.807, 2.05) is 0 Å². The number of hydrogen-bond donors (Lipinski definition) is 2. The van der Waals surface area contributed by atoms with Crippen molar-refractivity contribution in [3.8, 4) is 5.75 Å². The number of carbonyl (C=O) groups excluding carboxylic acids is 2. The summed E-state index contributed by atoms with van der Waals surface area (Å²) in [5, 5.41) is 8.44. The number of ether oxygens (including phenoxy) is 1. The van der Waals surface area contributed by atoms with Gasteiger partial charge in [-0.2, -0.15) is 5.10 Å². The van der Waals surface area contributed by atoms with Gasteiger partial charge in [0.1, 0.15) is 11.5 Å². The number of nitrogens with one attached hydrogen (secondary N) is 2. The summed E-state index contributed by atoms with van der Waals surface area (Å²) in [6.07, 6.45) is 2.09. The maximum atomic E-state index is 12.8. The molecule has 34 heavy (non-hydrogen) atoms. The summed E-state index contributed by atoms with van der Waals surface area (Å²) >= 11 is 17.8. The van der Waals surface area contributed by atoms with Crippen LogP contribution in [0.2, 0.25) is 15.1 Å². The van der Waals surface area contributed by atoms with Crippen molar-refractivity contribution in [2.24, 2.45) is 5.10 Å². The first kappa shape index (κ1) is 24.1. The molecular formula is C24H20Cl3N3O4. The first-order valence-electron chi connectivity index (χ1n) is 10.4. The highest BCUT2D eigenvalue weighted by molar-refractivity contribution is 6.35. The van der Waals surface area contributed by atoms with Crippen LogP contribution in [0.25, 0.3) is 0 Å². The Balaban J connectivity index is 1.44. The van der Waals surface area contributed by atoms with Crippen LogP contribution >= 0.6 is 34.8 Å². The van der Waals surface area contributed by atoms with Gasteiger partial charge in [0.25, 0.3) is 11.8 Å². The molecule has 2 N–H and O–H groups in total. The number of rotatable bonds is 6. The minimum Gasteiger partial charge on any atom is -0.482 e. The van der Waals surface area contributed by atoms with Gasteiger partial charge in [-0.15, -0.1) is 0 Å². The fourth-order valence-corrected chi connectivity index (χ4v) is 4.20. The molecule has 0 bridgehead atoms. The number of carbonyl (C=O) groups is 2. The molecule has 0 aliphatic heterocycles. The number of nitrogens with zero attached hydrogens (tertiary/aromatic N) is 1. The first-order valence-corrected chi connectivity index (χ1v) is 11.6. The van der Waals surface area contributed by atoms with Gasteiger partial charge in [0, 0.05) is 33.3 Å². The second-order valence-corrected chi connectivity index (χ2v) is 8.91. The third-order valence-electron chi connectivity index (χ3n) is 5.20. The first-order chi connectivity index (χ1) is 16.3. The monoisotopic (exact) mass is 519 g/mol. The van der Waals surface area contributed by atoms with Gasteiger partial charge >= 0.3 is 0 Å². The number of halogens is 3. The second-order valence-electron chi connectivity index (χ2n) is 7.63. The number of hydrogen-bond acceptors (Lipinski definition) is 5. The lowest BCUT2D eigenvalue weighted by atomic mass is 9.93. The van der Waals surface area contributed by atoms with Gasteiger partial charge in [-0.25, -0.2) is 5.43 Å². The summed E-state index contributed by atoms with van der Waals surface area (Å²) in [6.45, 7) is 1.53. The Bertz CT molecular complexity index is 1270. The van der Waals surface area contributed by atoms with Gasteiger partial charge < -0.3 is 14.5 Å². The van der Waals surface area contributed by atoms with Crippen molar-refractivity contribution in [3.05, 3.63) is 80.2 Å². The number of anilines is 1. The Labute approximate surface area is 211 Å². The molecule has 0 atom stereocenters. The predicted molar refractivity (Wildman–Crippen MR) is 132 cm³/mol. The topological polar surface area (TPSA) is 92.9 Å². The van der Waals surface area contributed by atoms with Crippen molar-refractivity contribution in [1.82, 2.24) is 5.43 Å². The van der Waals surface area contributed by atoms with Gasteiger partial charge in [0.15, 0.2) is 12.4 Å². The smallest absolute Gasteiger partial charge is 0.291 e. The second kappa shape index (κ2) is 10.5. The highest BCUT2D eigenvalue weighted by atomic mass is 35.5. The van der Waals surface area contributed by atoms with Gasteiger partial charge in [-0.1, -0.05) is 34.8 Å². The molecule has 0 unspecified atom stereocenters. The van der Waals surface area contributed by atoms with Crippen LogP contribution in [0.3, 0.4) is 0 Å². The van der Waals surface area contributed by atoms with Crippen LogP contribution < -0.4 is 15.5 Å². The van der Waals surface area contributed by atoms with Crippen LogP contribution in [-0.4, -0.2) is 24.1 Å². The normalized spacial score (nSPS) is 13.9. The lowest BCUT2D eigenvalue weighted by Gasteiger charge is -2.13. The zero-order valence-corrected chi connectivity index (χ0v) is 20.4. The van der Waals surface area contributed by atoms with E-state index in [0.29, 0.717) is 56.4 Å². The average molecular weight is 521 g/mol. The lowest BCUT2D eigenvalue weighted by Crippen LogP contribution is -2.27. The van der Waals surface area contributed by atoms with Gasteiger partial charge in [-0.3, -0.25) is 9.59 Å². The minimum atomic E-state index is -0.451. The summed E-state index contributed by atoms with van der Waals surface area (Å²) < 4.78 is 11.3. The van der Waals surface area contributed by atoms with Crippen molar-refractivity contribution in [2.75, 3.05) is 11.9 Å². The maximum absolute atomic E-state index is 12.8. The molecular weight excluding hydrogens is 501 g/mol. The summed E-state index contributed by atoms with van der Waals surface area (Å²) in [7, 11) is 0. The molecule has 0 saturated carbocycles. The van der Waals surface area contributed by atoms with Crippen LogP contribution in [0.15, 0.2) is 52.0 Å². The third-order valence-corrected chi connectivity index (χ3v) is 5.98. The van der Waals surface area contributed by atoms with E-state index in [-0.39, 0.29) is 18.3 Å². The van der Waals surface area contributed by atoms with Gasteiger partial charge in [0.2, 0.25) is 0 Å². The van der Waals surface area contributed by atoms with E-state index in [2.05, 4.69) is 15.8 Å². The van der Waals surface area contributed by atoms with Crippen molar-refractivity contribution < 1.29 is 18.7 Å². The lowest BCUT2D eigenvalue weighted by molar-refractivity contribution is -0.123. The quantitative estimate of drug-likeness (QED) is 0.388. The molecule has 3 aromatic rings. The molecule has 176 valence electrons. The SMILES string of the molecule is Cc1c(C(=O)Nc2ccc(Cl)cc2)oc2c1/C(=N/NC(=O)COc1ccc(Cl)cc1Cl)CCC2. The highest BCUT2D eigenvalue weighted by Gasteiger charge is 2.28. The van der Waals surface area contributed by atoms with E-state index in [1.54, 1.807) is 43.3 Å². The number of benzene rings is 2. The van der Waals surface area contributed by atoms with E-state index in [0.717, 1.165) is 12.0 Å². The Morgan fingerprint density at radius 2 is 1.79 bits per heavy atom. The summed E-state index contributed by atoms with van der Waals surface area (Å²) in [6, 6.07) is 11.5. The van der Waals surface area contributed by atoms with E-state index in [1.165, 1.54) is 6.07 Å². The molecule has 1 heterocycles. The third kappa shape index (κ3) is 5.55. The van der Waals surface area contributed by atoms with E-state index in [9.17, 15) is 9.59 Å². The van der Waals surface area contributed by atoms with Crippen LogP contribution in [0.5, 0.6) is 5.75 Å². The van der Waals surface area contributed by atoms with Crippen molar-refractivity contribution >= 4 is 58.0 Å². The Hall–Kier alpha value is -3.00. The van der Waals surface area contributed by atoms with Crippen LogP contribution in [0.1, 0.15) is 40.3 Å². The summed E-state index contributed by atoms with van der Waals surface area (Å²) in [5.74, 6) is 0.401. The Morgan fingerprint density at radius 1 is 1.06 bits per heavy atom. The number of hydrazone groups is 1. The van der Waals surface area contributed by atoms with Gasteiger partial charge in [0.05, 0.1) is 10.7 Å². The molecule has 0 radical (unpaired) electrons. The molecule has 1 aromatic heterocycles. The summed E-state index contributed by atoms with van der Waals surface area (Å²) in [5.41, 5.74) is 5.16. The molecule has 0 fully saturated rings. The van der Waals surface area contributed by atoms with Crippen molar-refractivity contribution in [1.29, 1.82) is 0 Å². The minimum absolute atomic E-state index is 0.210. The molecule has 2 amide bonds. The molecule has 0 saturated heterocycles. The van der Waals surface area contributed by atoms with E-state index < -0.39 is 5.91 Å². The molecule has 7 nitrogen and oxygen atoms in total. The molecule has 0 spiro atoms. The zero-order valence-electron chi connectivity index (χ0n) is 18.1. The molecule has 1 aliphatic carbocycles. The average Bonchev–Trinajstić information content (AvgIpc) is 3.16. The molecule has 1 aliphatic rings. The van der Waals surface area contributed by atoms with Gasteiger partial charge in [-0.05, 0) is 62.2 Å². The van der Waals surface area contributed by atoms with Crippen LogP contribution in [0, 0.1) is 6.92 Å². The number of furan rings is 1. The fraction of sp³-hybridized carbons (Fsp3) is 0.208. The van der Waals surface area contributed by atoms with Crippen molar-refractivity contribution in [3.63, 3.8) is 0 Å². The molecule has 2 aromatic carbocycles. The number of amides is 2. The van der Waals surface area contributed by atoms with Crippen LogP contribution in [-0.2, 0) is 11.2 Å². The van der Waals surface area contributed by atoms with Crippen LogP contribution in [0.4, 0.5) is 5.69 Å². The number of aryl methyl sites for hydroxylation is 1. The summed E-state index contributed by atoms with van der Waals surface area (Å²) in [4.78, 5) is 25.1. The maximum Gasteiger partial charge on any atom is 0.291 e.